The number of nitrogens with one attached hydrogen (secondary N) is 1. The Labute approximate surface area is 384 Å². The number of amides is 1. The van der Waals surface area contributed by atoms with Crippen molar-refractivity contribution in [2.45, 2.75) is 150 Å². The van der Waals surface area contributed by atoms with E-state index in [1.54, 1.807) is 57.2 Å². The van der Waals surface area contributed by atoms with Crippen LogP contribution in [0.4, 0.5) is 0 Å². The maximum Gasteiger partial charge on any atom is 0.373 e. The van der Waals surface area contributed by atoms with Crippen LogP contribution in [0.5, 0.6) is 0 Å². The molecule has 0 aromatic heterocycles. The molecule has 0 radical (unpaired) electrons. The molecule has 2 saturated heterocycles. The molecule has 362 valence electrons. The molecule has 5 N–H and O–H groups in total. The van der Waals surface area contributed by atoms with Crippen molar-refractivity contribution < 1.29 is 49.1 Å². The quantitative estimate of drug-likeness (QED) is 0.0510. The van der Waals surface area contributed by atoms with Gasteiger partial charge in [-0.15, -0.1) is 0 Å². The fourth-order valence-electron chi connectivity index (χ4n) is 9.21. The summed E-state index contributed by atoms with van der Waals surface area (Å²) in [6, 6.07) is 0.504. The molecule has 13 nitrogen and oxygen atoms in total. The molecule has 3 aliphatic heterocycles. The number of hydrogen-bond acceptors (Lipinski definition) is 12. The number of hydroxylamine groups is 1. The van der Waals surface area contributed by atoms with Gasteiger partial charge in [0, 0.05) is 49.9 Å². The van der Waals surface area contributed by atoms with Gasteiger partial charge in [0.1, 0.15) is 12.2 Å². The van der Waals surface area contributed by atoms with E-state index in [1.165, 1.54) is 33.5 Å². The van der Waals surface area contributed by atoms with E-state index in [1.807, 2.05) is 64.7 Å². The number of allylic oxidation sites excluding steroid dienone is 7. The second kappa shape index (κ2) is 27.8. The van der Waals surface area contributed by atoms with Crippen LogP contribution in [0.1, 0.15) is 107 Å². The van der Waals surface area contributed by atoms with Crippen molar-refractivity contribution in [3.05, 3.63) is 82.9 Å². The molecule has 1 amide bonds. The van der Waals surface area contributed by atoms with Gasteiger partial charge in [0.2, 0.25) is 5.76 Å². The average molecular weight is 898 g/mol. The zero-order chi connectivity index (χ0) is 47.5. The minimum atomic E-state index is -1.23. The summed E-state index contributed by atoms with van der Waals surface area (Å²) < 4.78 is 17.7. The van der Waals surface area contributed by atoms with Crippen molar-refractivity contribution in [3.63, 3.8) is 0 Å². The van der Waals surface area contributed by atoms with Crippen LogP contribution in [0.2, 0.25) is 0 Å². The fourth-order valence-corrected chi connectivity index (χ4v) is 9.21. The number of hydrogen-bond donors (Lipinski definition) is 5. The molecule has 0 spiro atoms. The zero-order valence-corrected chi connectivity index (χ0v) is 40.7. The van der Waals surface area contributed by atoms with Crippen molar-refractivity contribution in [3.8, 4) is 0 Å². The third-order valence-corrected chi connectivity index (χ3v) is 13.4. The summed E-state index contributed by atoms with van der Waals surface area (Å²) in [5.41, 5.74) is 5.39. The van der Waals surface area contributed by atoms with Gasteiger partial charge >= 0.3 is 5.97 Å². The van der Waals surface area contributed by atoms with E-state index in [-0.39, 0.29) is 41.9 Å². The average Bonchev–Trinajstić information content (AvgIpc) is 3.29. The van der Waals surface area contributed by atoms with E-state index in [9.17, 15) is 30.0 Å². The number of piperidine rings is 2. The molecular weight excluding hydrogens is 815 g/mol. The molecule has 11 atom stereocenters. The van der Waals surface area contributed by atoms with E-state index in [2.05, 4.69) is 10.4 Å². The van der Waals surface area contributed by atoms with Crippen LogP contribution in [0.15, 0.2) is 82.9 Å². The second-order valence-electron chi connectivity index (χ2n) is 18.4. The van der Waals surface area contributed by atoms with Crippen molar-refractivity contribution in [1.82, 2.24) is 15.3 Å². The highest BCUT2D eigenvalue weighted by atomic mass is 16.6. The minimum absolute atomic E-state index is 0.0847. The lowest BCUT2D eigenvalue weighted by Crippen LogP contribution is -2.49. The molecule has 0 saturated carbocycles. The first-order valence-electron chi connectivity index (χ1n) is 23.6. The predicted octanol–water partition coefficient (Wildman–Crippen LogP) is 6.71. The molecule has 3 heterocycles. The van der Waals surface area contributed by atoms with Gasteiger partial charge in [0.05, 0.1) is 37.2 Å². The number of esters is 1. The third-order valence-electron chi connectivity index (χ3n) is 13.4. The summed E-state index contributed by atoms with van der Waals surface area (Å²) in [6.45, 7) is 20.2. The lowest BCUT2D eigenvalue weighted by atomic mass is 9.79. The van der Waals surface area contributed by atoms with E-state index in [0.717, 1.165) is 31.5 Å². The molecule has 11 unspecified atom stereocenters. The number of carbonyl (C=O) groups excluding carboxylic acids is 2. The lowest BCUT2D eigenvalue weighted by Gasteiger charge is -2.40. The molecule has 0 bridgehead atoms. The van der Waals surface area contributed by atoms with E-state index in [0.29, 0.717) is 48.8 Å². The summed E-state index contributed by atoms with van der Waals surface area (Å²) in [5, 5.41) is 45.6. The molecule has 0 aliphatic carbocycles. The van der Waals surface area contributed by atoms with E-state index in [4.69, 9.17) is 19.0 Å². The summed E-state index contributed by atoms with van der Waals surface area (Å²) in [7, 11) is 2.88. The number of likely N-dealkylation sites (tertiary alicyclic amines) is 2. The van der Waals surface area contributed by atoms with Crippen LogP contribution >= 0.6 is 0 Å². The number of aliphatic hydroxyl groups is 4. The topological polar surface area (TPSA) is 170 Å². The molecule has 3 rings (SSSR count). The largest absolute Gasteiger partial charge is 0.490 e. The van der Waals surface area contributed by atoms with Gasteiger partial charge in [0.25, 0.3) is 5.91 Å². The molecule has 64 heavy (non-hydrogen) atoms. The van der Waals surface area contributed by atoms with Crippen LogP contribution in [0.25, 0.3) is 0 Å². The maximum absolute atomic E-state index is 14.0. The third kappa shape index (κ3) is 16.4. The van der Waals surface area contributed by atoms with Crippen LogP contribution in [-0.4, -0.2) is 132 Å². The van der Waals surface area contributed by atoms with Crippen molar-refractivity contribution >= 4 is 11.9 Å². The van der Waals surface area contributed by atoms with Crippen molar-refractivity contribution in [2.24, 2.45) is 29.6 Å². The highest BCUT2D eigenvalue weighted by Crippen LogP contribution is 2.31. The summed E-state index contributed by atoms with van der Waals surface area (Å²) in [5.74, 6) is -2.91. The number of ether oxygens (including phenoxy) is 3. The number of cyclic esters (lactones) is 1. The summed E-state index contributed by atoms with van der Waals surface area (Å²) in [4.78, 5) is 37.6. The van der Waals surface area contributed by atoms with Crippen LogP contribution in [0.3, 0.4) is 0 Å². The highest BCUT2D eigenvalue weighted by Gasteiger charge is 2.37. The Hall–Kier alpha value is -3.56. The molecule has 0 aromatic carbocycles. The molecule has 2 fully saturated rings. The maximum atomic E-state index is 14.0. The first-order chi connectivity index (χ1) is 30.5. The Bertz CT molecular complexity index is 1670. The SMILES string of the molecule is CC=CC(O)C(C)C=CC(NOCC(=O)N1CCC(N2CCCCC2)CC1)=C(C)C(O)C(C)C1OC(=O)C(OC)=CC(C)=CC(C)C(O)C(CC)C(O)C(C)CC(C)=CC=CC1OC. The van der Waals surface area contributed by atoms with Gasteiger partial charge in [-0.1, -0.05) is 94.7 Å². The van der Waals surface area contributed by atoms with Gasteiger partial charge in [-0.3, -0.25) is 15.1 Å². The van der Waals surface area contributed by atoms with E-state index < -0.39 is 48.5 Å². The number of nitrogens with zero attached hydrogens (tertiary/aromatic N) is 2. The molecule has 3 aliphatic rings. The summed E-state index contributed by atoms with van der Waals surface area (Å²) in [6.07, 6.45) is 17.3. The Balaban J connectivity index is 1.97. The second-order valence-corrected chi connectivity index (χ2v) is 18.4. The number of methoxy groups -OCH3 is 2. The number of carbonyl (C=O) groups is 2. The fraction of sp³-hybridized carbons (Fsp3) is 0.686. The van der Waals surface area contributed by atoms with Crippen LogP contribution in [-0.2, 0) is 28.6 Å². The van der Waals surface area contributed by atoms with Crippen molar-refractivity contribution in [2.75, 3.05) is 47.0 Å². The normalized spacial score (nSPS) is 29.1. The lowest BCUT2D eigenvalue weighted by molar-refractivity contribution is -0.159. The van der Waals surface area contributed by atoms with Crippen LogP contribution in [0, 0.1) is 29.6 Å². The molecule has 0 aromatic rings. The minimum Gasteiger partial charge on any atom is -0.490 e. The number of aliphatic hydroxyl groups excluding tert-OH is 4. The van der Waals surface area contributed by atoms with Crippen LogP contribution < -0.4 is 5.48 Å². The Morgan fingerprint density at radius 3 is 2.30 bits per heavy atom. The molecule has 13 heteroatoms. The van der Waals surface area contributed by atoms with Gasteiger partial charge in [-0.2, -0.15) is 0 Å². The zero-order valence-electron chi connectivity index (χ0n) is 40.7. The van der Waals surface area contributed by atoms with E-state index >= 15 is 0 Å². The van der Waals surface area contributed by atoms with Crippen molar-refractivity contribution in [1.29, 1.82) is 0 Å². The Kier molecular flexibility index (Phi) is 23.8. The Morgan fingerprint density at radius 2 is 1.69 bits per heavy atom. The first-order valence-corrected chi connectivity index (χ1v) is 23.6. The first kappa shape index (κ1) is 54.8. The number of rotatable bonds is 15. The Morgan fingerprint density at radius 1 is 1.02 bits per heavy atom. The highest BCUT2D eigenvalue weighted by molar-refractivity contribution is 5.87. The van der Waals surface area contributed by atoms with Gasteiger partial charge in [-0.05, 0) is 103 Å². The van der Waals surface area contributed by atoms with Gasteiger partial charge in [0.15, 0.2) is 6.61 Å². The standard InChI is InChI=1S/C51H83N3O10/c1-12-18-43(55)35(5)21-22-42(52-63-32-46(56)54-27-23-40(24-28-54)53-25-15-14-16-26-53)38(8)49(59)39(9)50-44(61-10)20-17-19-33(3)29-36(6)47(57)41(13-2)48(58)37(7)30-34(4)31-45(62-11)51(60)64-50/h12,17-22,30-31,35-37,39-41,43-44,47-50,52,55,57-59H,13-16,23-29,32H2,1-11H3. The smallest absolute Gasteiger partial charge is 0.373 e. The predicted molar refractivity (Wildman–Crippen MR) is 252 cm³/mol. The molecular formula is C51H83N3O10. The summed E-state index contributed by atoms with van der Waals surface area (Å²) >= 11 is 0. The van der Waals surface area contributed by atoms with Gasteiger partial charge in [-0.25, -0.2) is 4.79 Å². The van der Waals surface area contributed by atoms with Gasteiger partial charge < -0.3 is 44.4 Å². The monoisotopic (exact) mass is 898 g/mol.